The van der Waals surface area contributed by atoms with Gasteiger partial charge in [0.15, 0.2) is 11.5 Å². The summed E-state index contributed by atoms with van der Waals surface area (Å²) in [5.41, 5.74) is 2.21. The molecule has 27 heavy (non-hydrogen) atoms. The molecule has 142 valence electrons. The number of aromatic nitrogens is 1. The lowest BCUT2D eigenvalue weighted by Gasteiger charge is -2.19. The van der Waals surface area contributed by atoms with Crippen molar-refractivity contribution in [3.63, 3.8) is 0 Å². The van der Waals surface area contributed by atoms with E-state index in [1.165, 1.54) is 12.8 Å². The van der Waals surface area contributed by atoms with Crippen molar-refractivity contribution in [3.8, 4) is 11.5 Å². The third kappa shape index (κ3) is 4.07. The molecule has 0 radical (unpaired) electrons. The molecular weight excluding hydrogens is 340 g/mol. The van der Waals surface area contributed by atoms with E-state index in [0.717, 1.165) is 42.0 Å². The number of carbonyl (C=O) groups excluding carboxylic acids is 1. The number of hydrogen-bond donors (Lipinski definition) is 0. The second-order valence-corrected chi connectivity index (χ2v) is 7.47. The highest BCUT2D eigenvalue weighted by atomic mass is 16.5. The van der Waals surface area contributed by atoms with Gasteiger partial charge in [-0.3, -0.25) is 9.78 Å². The van der Waals surface area contributed by atoms with Crippen LogP contribution < -0.4 is 9.47 Å². The zero-order valence-corrected chi connectivity index (χ0v) is 15.8. The molecular formula is C22H26N2O3. The molecule has 0 N–H and O–H groups in total. The zero-order chi connectivity index (χ0) is 18.6. The maximum Gasteiger partial charge on any atom is 0.223 e. The third-order valence-corrected chi connectivity index (χ3v) is 5.57. The largest absolute Gasteiger partial charge is 0.493 e. The van der Waals surface area contributed by atoms with Crippen molar-refractivity contribution in [3.05, 3.63) is 53.9 Å². The van der Waals surface area contributed by atoms with Gasteiger partial charge in [0, 0.05) is 37.8 Å². The van der Waals surface area contributed by atoms with Crippen molar-refractivity contribution in [2.24, 2.45) is 0 Å². The lowest BCUT2D eigenvalue weighted by molar-refractivity contribution is -0.128. The van der Waals surface area contributed by atoms with E-state index in [-0.39, 0.29) is 17.9 Å². The van der Waals surface area contributed by atoms with Gasteiger partial charge in [0.2, 0.25) is 5.91 Å². The quantitative estimate of drug-likeness (QED) is 0.777. The van der Waals surface area contributed by atoms with E-state index >= 15 is 0 Å². The fraction of sp³-hybridized carbons (Fsp3) is 0.455. The Bertz CT molecular complexity index is 787. The van der Waals surface area contributed by atoms with Gasteiger partial charge in [-0.2, -0.15) is 0 Å². The zero-order valence-electron chi connectivity index (χ0n) is 15.8. The summed E-state index contributed by atoms with van der Waals surface area (Å²) in [5.74, 6) is 1.95. The number of hydrogen-bond acceptors (Lipinski definition) is 4. The van der Waals surface area contributed by atoms with Gasteiger partial charge in [-0.05, 0) is 55.0 Å². The van der Waals surface area contributed by atoms with Crippen molar-refractivity contribution in [2.45, 2.75) is 50.7 Å². The number of benzene rings is 1. The van der Waals surface area contributed by atoms with Gasteiger partial charge in [-0.15, -0.1) is 0 Å². The molecule has 1 atom stereocenters. The maximum absolute atomic E-state index is 12.5. The Morgan fingerprint density at radius 3 is 2.78 bits per heavy atom. The molecule has 1 amide bonds. The van der Waals surface area contributed by atoms with Gasteiger partial charge in [-0.25, -0.2) is 0 Å². The van der Waals surface area contributed by atoms with E-state index in [0.29, 0.717) is 13.0 Å². The van der Waals surface area contributed by atoms with Crippen molar-refractivity contribution in [1.82, 2.24) is 9.88 Å². The molecule has 2 aliphatic rings. The molecule has 0 bridgehead atoms. The predicted molar refractivity (Wildman–Crippen MR) is 103 cm³/mol. The lowest BCUT2D eigenvalue weighted by Crippen LogP contribution is -2.24. The SMILES string of the molecule is COc1ccc(C2CC(=O)N(Cc3cccnc3)C2)cc1OC1CCCC1. The minimum absolute atomic E-state index is 0.186. The summed E-state index contributed by atoms with van der Waals surface area (Å²) in [7, 11) is 1.67. The fourth-order valence-electron chi connectivity index (χ4n) is 4.09. The van der Waals surface area contributed by atoms with Crippen molar-refractivity contribution < 1.29 is 14.3 Å². The number of ether oxygens (including phenoxy) is 2. The van der Waals surface area contributed by atoms with Crippen LogP contribution in [0.1, 0.15) is 49.1 Å². The lowest BCUT2D eigenvalue weighted by atomic mass is 9.98. The first-order valence-corrected chi connectivity index (χ1v) is 9.74. The summed E-state index contributed by atoms with van der Waals surface area (Å²) in [6, 6.07) is 10.0. The number of pyridine rings is 1. The summed E-state index contributed by atoms with van der Waals surface area (Å²) >= 11 is 0. The average Bonchev–Trinajstić information content (AvgIpc) is 3.33. The van der Waals surface area contributed by atoms with Crippen LogP contribution in [0.4, 0.5) is 0 Å². The monoisotopic (exact) mass is 366 g/mol. The highest BCUT2D eigenvalue weighted by molar-refractivity contribution is 5.79. The van der Waals surface area contributed by atoms with E-state index < -0.39 is 0 Å². The van der Waals surface area contributed by atoms with E-state index in [9.17, 15) is 4.79 Å². The first kappa shape index (κ1) is 17.8. The molecule has 5 heteroatoms. The van der Waals surface area contributed by atoms with Crippen LogP contribution in [0.5, 0.6) is 11.5 Å². The Hall–Kier alpha value is -2.56. The minimum Gasteiger partial charge on any atom is -0.493 e. The van der Waals surface area contributed by atoms with E-state index in [4.69, 9.17) is 9.47 Å². The molecule has 2 aromatic rings. The summed E-state index contributed by atoms with van der Waals surface area (Å²) in [6.07, 6.45) is 9.06. The molecule has 1 aromatic carbocycles. The molecule has 1 aromatic heterocycles. The summed E-state index contributed by atoms with van der Waals surface area (Å²) in [5, 5.41) is 0. The number of nitrogens with zero attached hydrogens (tertiary/aromatic N) is 2. The van der Waals surface area contributed by atoms with Gasteiger partial charge in [0.25, 0.3) is 0 Å². The second-order valence-electron chi connectivity index (χ2n) is 7.47. The van der Waals surface area contributed by atoms with Gasteiger partial charge in [-0.1, -0.05) is 12.1 Å². The van der Waals surface area contributed by atoms with E-state index in [1.54, 1.807) is 13.3 Å². The van der Waals surface area contributed by atoms with Crippen molar-refractivity contribution >= 4 is 5.91 Å². The number of methoxy groups -OCH3 is 1. The van der Waals surface area contributed by atoms with Gasteiger partial charge in [0.1, 0.15) is 0 Å². The first-order chi connectivity index (χ1) is 13.2. The van der Waals surface area contributed by atoms with Gasteiger partial charge in [0.05, 0.1) is 13.2 Å². The molecule has 1 saturated carbocycles. The molecule has 0 spiro atoms. The van der Waals surface area contributed by atoms with Crippen LogP contribution in [0.3, 0.4) is 0 Å². The Morgan fingerprint density at radius 2 is 2.04 bits per heavy atom. The van der Waals surface area contributed by atoms with Crippen LogP contribution in [-0.2, 0) is 11.3 Å². The third-order valence-electron chi connectivity index (χ3n) is 5.57. The molecule has 1 aliphatic carbocycles. The van der Waals surface area contributed by atoms with Crippen LogP contribution >= 0.6 is 0 Å². The van der Waals surface area contributed by atoms with Crippen LogP contribution in [0.15, 0.2) is 42.7 Å². The number of likely N-dealkylation sites (tertiary alicyclic amines) is 1. The van der Waals surface area contributed by atoms with Crippen LogP contribution in [0.2, 0.25) is 0 Å². The minimum atomic E-state index is 0.186. The molecule has 2 fully saturated rings. The number of carbonyl (C=O) groups is 1. The standard InChI is InChI=1S/C22H26N2O3/c1-26-20-9-8-17(11-21(20)27-19-6-2-3-7-19)18-12-22(25)24(15-18)14-16-5-4-10-23-13-16/h4-5,8-11,13,18-19H,2-3,6-7,12,14-15H2,1H3. The highest BCUT2D eigenvalue weighted by Gasteiger charge is 2.31. The first-order valence-electron chi connectivity index (χ1n) is 9.74. The van der Waals surface area contributed by atoms with E-state index in [1.807, 2.05) is 29.3 Å². The molecule has 5 nitrogen and oxygen atoms in total. The summed E-state index contributed by atoms with van der Waals surface area (Å²) < 4.78 is 11.7. The second kappa shape index (κ2) is 7.99. The van der Waals surface area contributed by atoms with E-state index in [2.05, 4.69) is 17.1 Å². The molecule has 1 saturated heterocycles. The summed E-state index contributed by atoms with van der Waals surface area (Å²) in [4.78, 5) is 18.6. The van der Waals surface area contributed by atoms with Crippen LogP contribution in [0, 0.1) is 0 Å². The van der Waals surface area contributed by atoms with Gasteiger partial charge < -0.3 is 14.4 Å². The maximum atomic E-state index is 12.5. The highest BCUT2D eigenvalue weighted by Crippen LogP contribution is 2.37. The van der Waals surface area contributed by atoms with Crippen LogP contribution in [-0.4, -0.2) is 35.5 Å². The normalized spacial score (nSPS) is 20.3. The topological polar surface area (TPSA) is 51.7 Å². The number of rotatable bonds is 6. The predicted octanol–water partition coefficient (Wildman–Crippen LogP) is 3.93. The molecule has 1 aliphatic heterocycles. The Morgan fingerprint density at radius 1 is 1.19 bits per heavy atom. The molecule has 1 unspecified atom stereocenters. The Kier molecular flexibility index (Phi) is 5.28. The molecule has 2 heterocycles. The van der Waals surface area contributed by atoms with Crippen molar-refractivity contribution in [1.29, 1.82) is 0 Å². The van der Waals surface area contributed by atoms with Crippen molar-refractivity contribution in [2.75, 3.05) is 13.7 Å². The smallest absolute Gasteiger partial charge is 0.223 e. The molecule has 4 rings (SSSR count). The fourth-order valence-corrected chi connectivity index (χ4v) is 4.09. The van der Waals surface area contributed by atoms with Gasteiger partial charge >= 0.3 is 0 Å². The van der Waals surface area contributed by atoms with Crippen LogP contribution in [0.25, 0.3) is 0 Å². The summed E-state index contributed by atoms with van der Waals surface area (Å²) in [6.45, 7) is 1.34. The average molecular weight is 366 g/mol. The number of amides is 1. The Balaban J connectivity index is 1.48. The Labute approximate surface area is 160 Å².